The van der Waals surface area contributed by atoms with E-state index in [4.69, 9.17) is 9.82 Å². The third-order valence-corrected chi connectivity index (χ3v) is 5.01. The second-order valence-corrected chi connectivity index (χ2v) is 7.86. The quantitative estimate of drug-likeness (QED) is 0.672. The number of benzene rings is 1. The molecule has 0 saturated carbocycles. The Morgan fingerprint density at radius 1 is 1.08 bits per heavy atom. The minimum absolute atomic E-state index is 0.0144. The Labute approximate surface area is 145 Å². The van der Waals surface area contributed by atoms with Crippen molar-refractivity contribution in [1.29, 1.82) is 0 Å². The second-order valence-electron chi connectivity index (χ2n) is 6.80. The highest BCUT2D eigenvalue weighted by Gasteiger charge is 2.39. The Bertz CT molecular complexity index is 863. The molecule has 1 unspecified atom stereocenters. The maximum Gasteiger partial charge on any atom is 0.171 e. The topological polar surface area (TPSA) is 38.2 Å². The first kappa shape index (κ1) is 15.3. The molecule has 3 heterocycles. The average molecular weight is 337 g/mol. The molecule has 1 atom stereocenters. The lowest BCUT2D eigenvalue weighted by molar-refractivity contribution is -0.156. The van der Waals surface area contributed by atoms with E-state index >= 15 is 0 Å². The lowest BCUT2D eigenvalue weighted by Gasteiger charge is -2.34. The lowest BCUT2D eigenvalue weighted by atomic mass is 10.1. The predicted octanol–water partition coefficient (Wildman–Crippen LogP) is 4.82. The largest absolute Gasteiger partial charge is 0.402 e. The summed E-state index contributed by atoms with van der Waals surface area (Å²) in [6.07, 6.45) is 3.90. The third kappa shape index (κ3) is 2.70. The Hall–Kier alpha value is -2.24. The number of pyridine rings is 1. The van der Waals surface area contributed by atoms with Crippen LogP contribution in [0.3, 0.4) is 0 Å². The van der Waals surface area contributed by atoms with Gasteiger partial charge in [-0.1, -0.05) is 18.2 Å². The highest BCUT2D eigenvalue weighted by molar-refractivity contribution is 7.18. The van der Waals surface area contributed by atoms with Crippen molar-refractivity contribution in [3.05, 3.63) is 65.4 Å². The molecule has 0 N–H and O–H groups in total. The SMILES string of the molecule is CC(C)(C)N1OC(c2ccccn2)=CC1c1nc2ccccc2s1. The van der Waals surface area contributed by atoms with E-state index in [0.717, 1.165) is 22.0 Å². The van der Waals surface area contributed by atoms with E-state index in [2.05, 4.69) is 44.0 Å². The number of thiazole rings is 1. The van der Waals surface area contributed by atoms with E-state index in [-0.39, 0.29) is 11.6 Å². The van der Waals surface area contributed by atoms with Crippen molar-refractivity contribution in [2.24, 2.45) is 0 Å². The van der Waals surface area contributed by atoms with Gasteiger partial charge in [0.25, 0.3) is 0 Å². The van der Waals surface area contributed by atoms with Crippen LogP contribution >= 0.6 is 11.3 Å². The van der Waals surface area contributed by atoms with Gasteiger partial charge in [0.1, 0.15) is 16.7 Å². The standard InChI is InChI=1S/C19H19N3OS/c1-19(2,3)22-15(12-16(23-22)13-8-6-7-11-20-13)18-21-14-9-4-5-10-17(14)24-18/h4-12,15H,1-3H3. The summed E-state index contributed by atoms with van der Waals surface area (Å²) >= 11 is 1.71. The molecule has 1 aliphatic heterocycles. The van der Waals surface area contributed by atoms with Gasteiger partial charge < -0.3 is 4.84 Å². The fraction of sp³-hybridized carbons (Fsp3) is 0.263. The van der Waals surface area contributed by atoms with Crippen LogP contribution in [0.4, 0.5) is 0 Å². The van der Waals surface area contributed by atoms with Crippen LogP contribution in [0.1, 0.15) is 37.5 Å². The third-order valence-electron chi connectivity index (χ3n) is 3.90. The number of fused-ring (bicyclic) bond motifs is 1. The molecular weight excluding hydrogens is 318 g/mol. The number of hydrogen-bond acceptors (Lipinski definition) is 5. The smallest absolute Gasteiger partial charge is 0.171 e. The predicted molar refractivity (Wildman–Crippen MR) is 97.3 cm³/mol. The summed E-state index contributed by atoms with van der Waals surface area (Å²) in [6.45, 7) is 6.42. The van der Waals surface area contributed by atoms with E-state index in [9.17, 15) is 0 Å². The molecule has 4 rings (SSSR count). The summed E-state index contributed by atoms with van der Waals surface area (Å²) < 4.78 is 1.20. The van der Waals surface area contributed by atoms with Crippen molar-refractivity contribution >= 4 is 27.3 Å². The normalized spacial score (nSPS) is 18.6. The van der Waals surface area contributed by atoms with Crippen molar-refractivity contribution in [2.75, 3.05) is 0 Å². The van der Waals surface area contributed by atoms with Crippen molar-refractivity contribution in [3.63, 3.8) is 0 Å². The molecule has 0 aliphatic carbocycles. The first-order valence-corrected chi connectivity index (χ1v) is 8.80. The molecule has 122 valence electrons. The zero-order valence-electron chi connectivity index (χ0n) is 13.9. The molecule has 0 radical (unpaired) electrons. The maximum absolute atomic E-state index is 6.17. The second kappa shape index (κ2) is 5.69. The fourth-order valence-corrected chi connectivity index (χ4v) is 3.81. The van der Waals surface area contributed by atoms with E-state index in [1.807, 2.05) is 35.4 Å². The molecule has 3 aromatic rings. The number of nitrogens with zero attached hydrogens (tertiary/aromatic N) is 3. The summed E-state index contributed by atoms with van der Waals surface area (Å²) in [5.41, 5.74) is 1.72. The van der Waals surface area contributed by atoms with Gasteiger partial charge in [0.15, 0.2) is 5.76 Å². The van der Waals surface area contributed by atoms with Crippen LogP contribution in [-0.4, -0.2) is 20.6 Å². The Balaban J connectivity index is 1.78. The monoisotopic (exact) mass is 337 g/mol. The van der Waals surface area contributed by atoms with Gasteiger partial charge in [0.2, 0.25) is 0 Å². The van der Waals surface area contributed by atoms with Crippen LogP contribution in [0.15, 0.2) is 54.7 Å². The van der Waals surface area contributed by atoms with Gasteiger partial charge in [-0.15, -0.1) is 16.4 Å². The van der Waals surface area contributed by atoms with Crippen molar-refractivity contribution < 1.29 is 4.84 Å². The molecule has 4 nitrogen and oxygen atoms in total. The molecular formula is C19H19N3OS. The Morgan fingerprint density at radius 2 is 1.88 bits per heavy atom. The van der Waals surface area contributed by atoms with Gasteiger partial charge in [0, 0.05) is 11.7 Å². The van der Waals surface area contributed by atoms with Crippen molar-refractivity contribution in [2.45, 2.75) is 32.4 Å². The van der Waals surface area contributed by atoms with Gasteiger partial charge in [-0.3, -0.25) is 4.98 Å². The molecule has 2 aromatic heterocycles. The first-order chi connectivity index (χ1) is 11.5. The highest BCUT2D eigenvalue weighted by Crippen LogP contribution is 2.41. The summed E-state index contributed by atoms with van der Waals surface area (Å²) in [6, 6.07) is 14.1. The number of hydrogen-bond donors (Lipinski definition) is 0. The van der Waals surface area contributed by atoms with Crippen LogP contribution in [0.25, 0.3) is 16.0 Å². The van der Waals surface area contributed by atoms with Crippen molar-refractivity contribution in [1.82, 2.24) is 15.0 Å². The van der Waals surface area contributed by atoms with Gasteiger partial charge >= 0.3 is 0 Å². The molecule has 0 spiro atoms. The molecule has 24 heavy (non-hydrogen) atoms. The molecule has 0 amide bonds. The van der Waals surface area contributed by atoms with E-state index in [0.29, 0.717) is 0 Å². The Kier molecular flexibility index (Phi) is 3.62. The minimum atomic E-state index is -0.157. The summed E-state index contributed by atoms with van der Waals surface area (Å²) in [7, 11) is 0. The zero-order chi connectivity index (χ0) is 16.7. The fourth-order valence-electron chi connectivity index (χ4n) is 2.79. The lowest BCUT2D eigenvalue weighted by Crippen LogP contribution is -2.40. The molecule has 0 bridgehead atoms. The zero-order valence-corrected chi connectivity index (χ0v) is 14.7. The van der Waals surface area contributed by atoms with Crippen LogP contribution < -0.4 is 0 Å². The molecule has 0 fully saturated rings. The minimum Gasteiger partial charge on any atom is -0.402 e. The van der Waals surface area contributed by atoms with Crippen LogP contribution in [0.5, 0.6) is 0 Å². The maximum atomic E-state index is 6.17. The molecule has 1 aliphatic rings. The van der Waals surface area contributed by atoms with E-state index in [1.54, 1.807) is 17.5 Å². The van der Waals surface area contributed by atoms with E-state index < -0.39 is 0 Å². The number of para-hydroxylation sites is 1. The first-order valence-electron chi connectivity index (χ1n) is 7.98. The summed E-state index contributed by atoms with van der Waals surface area (Å²) in [5.74, 6) is 0.787. The summed E-state index contributed by atoms with van der Waals surface area (Å²) in [5, 5.41) is 3.05. The van der Waals surface area contributed by atoms with Gasteiger partial charge in [-0.05, 0) is 51.1 Å². The average Bonchev–Trinajstić information content (AvgIpc) is 3.19. The molecule has 1 aromatic carbocycles. The molecule has 0 saturated heterocycles. The van der Waals surface area contributed by atoms with Gasteiger partial charge in [-0.2, -0.15) is 0 Å². The number of rotatable bonds is 2. The number of aromatic nitrogens is 2. The van der Waals surface area contributed by atoms with Crippen molar-refractivity contribution in [3.8, 4) is 0 Å². The van der Waals surface area contributed by atoms with Crippen LogP contribution in [-0.2, 0) is 4.84 Å². The van der Waals surface area contributed by atoms with E-state index in [1.165, 1.54) is 4.70 Å². The molecule has 5 heteroatoms. The summed E-state index contributed by atoms with van der Waals surface area (Å²) in [4.78, 5) is 15.4. The number of hydroxylamine groups is 2. The van der Waals surface area contributed by atoms with Crippen LogP contribution in [0, 0.1) is 0 Å². The van der Waals surface area contributed by atoms with Gasteiger partial charge in [0.05, 0.1) is 10.2 Å². The highest BCUT2D eigenvalue weighted by atomic mass is 32.1. The Morgan fingerprint density at radius 3 is 2.58 bits per heavy atom. The van der Waals surface area contributed by atoms with Crippen LogP contribution in [0.2, 0.25) is 0 Å². The van der Waals surface area contributed by atoms with Gasteiger partial charge in [-0.25, -0.2) is 4.98 Å².